The molecule has 0 saturated heterocycles. The molecule has 0 saturated carbocycles. The molecular formula is C11H9ClN4OS. The molecule has 0 unspecified atom stereocenters. The van der Waals surface area contributed by atoms with E-state index in [4.69, 9.17) is 28.3 Å². The molecule has 92 valence electrons. The van der Waals surface area contributed by atoms with E-state index in [1.807, 2.05) is 22.8 Å². The number of nitrogens with one attached hydrogen (secondary N) is 1. The minimum Gasteiger partial charge on any atom is -0.343 e. The van der Waals surface area contributed by atoms with Crippen molar-refractivity contribution < 1.29 is 4.52 Å². The summed E-state index contributed by atoms with van der Waals surface area (Å²) in [7, 11) is 0. The molecule has 0 bridgehead atoms. The molecule has 0 spiro atoms. The number of imidazole rings is 1. The first kappa shape index (κ1) is 11.4. The van der Waals surface area contributed by atoms with E-state index >= 15 is 0 Å². The second-order valence-corrected chi connectivity index (χ2v) is 4.61. The number of nitrogens with zero attached hydrogens (tertiary/aromatic N) is 3. The summed E-state index contributed by atoms with van der Waals surface area (Å²) in [5.74, 6) is 0.651. The fourth-order valence-electron chi connectivity index (χ4n) is 1.90. The van der Waals surface area contributed by atoms with Gasteiger partial charge in [0, 0.05) is 13.0 Å². The largest absolute Gasteiger partial charge is 0.343 e. The van der Waals surface area contributed by atoms with Crippen molar-refractivity contribution in [2.75, 3.05) is 0 Å². The van der Waals surface area contributed by atoms with E-state index < -0.39 is 0 Å². The number of aromatic nitrogens is 4. The van der Waals surface area contributed by atoms with Gasteiger partial charge in [-0.25, -0.2) is 0 Å². The molecule has 0 amide bonds. The number of hydrogen-bond donors (Lipinski definition) is 1. The minimum atomic E-state index is 0.640. The number of aromatic amines is 1. The summed E-state index contributed by atoms with van der Waals surface area (Å²) in [6.45, 7) is 0.655. The van der Waals surface area contributed by atoms with Gasteiger partial charge in [-0.05, 0) is 24.4 Å². The summed E-state index contributed by atoms with van der Waals surface area (Å²) >= 11 is 11.5. The minimum absolute atomic E-state index is 0.640. The van der Waals surface area contributed by atoms with Crippen LogP contribution in [0.25, 0.3) is 11.0 Å². The van der Waals surface area contributed by atoms with Crippen LogP contribution >= 0.6 is 23.8 Å². The lowest BCUT2D eigenvalue weighted by Crippen LogP contribution is -2.02. The molecule has 1 N–H and O–H groups in total. The molecule has 1 aromatic carbocycles. The van der Waals surface area contributed by atoms with E-state index in [1.54, 1.807) is 0 Å². The molecular weight excluding hydrogens is 272 g/mol. The quantitative estimate of drug-likeness (QED) is 0.749. The smallest absolute Gasteiger partial charge is 0.213 e. The summed E-state index contributed by atoms with van der Waals surface area (Å²) < 4.78 is 7.28. The van der Waals surface area contributed by atoms with Crippen LogP contribution in [-0.2, 0) is 13.0 Å². The third-order valence-corrected chi connectivity index (χ3v) is 3.34. The van der Waals surface area contributed by atoms with Crippen LogP contribution in [0, 0.1) is 4.77 Å². The lowest BCUT2D eigenvalue weighted by molar-refractivity contribution is 0.408. The molecule has 3 rings (SSSR count). The Morgan fingerprint density at radius 1 is 1.44 bits per heavy atom. The third kappa shape index (κ3) is 1.93. The van der Waals surface area contributed by atoms with Gasteiger partial charge in [-0.1, -0.05) is 22.8 Å². The predicted octanol–water partition coefficient (Wildman–Crippen LogP) is 2.98. The van der Waals surface area contributed by atoms with Crippen molar-refractivity contribution in [2.24, 2.45) is 0 Å². The Kier molecular flexibility index (Phi) is 2.89. The number of fused-ring (bicyclic) bond motifs is 1. The van der Waals surface area contributed by atoms with Crippen molar-refractivity contribution in [3.05, 3.63) is 40.2 Å². The van der Waals surface area contributed by atoms with Crippen LogP contribution in [-0.4, -0.2) is 19.7 Å². The first-order chi connectivity index (χ1) is 8.75. The van der Waals surface area contributed by atoms with Crippen molar-refractivity contribution >= 4 is 34.9 Å². The number of rotatable bonds is 3. The normalized spacial score (nSPS) is 11.2. The molecule has 3 aromatic rings. The highest BCUT2D eigenvalue weighted by molar-refractivity contribution is 7.71. The maximum Gasteiger partial charge on any atom is 0.213 e. The van der Waals surface area contributed by atoms with Crippen LogP contribution in [0.5, 0.6) is 0 Å². The standard InChI is InChI=1S/C11H9ClN4OS/c12-7-2-1-3-8-10(7)16(11(18)14-8)5-4-9-13-6-17-15-9/h1-3,6H,4-5H2,(H,14,18). The molecule has 0 aliphatic carbocycles. The third-order valence-electron chi connectivity index (χ3n) is 2.71. The van der Waals surface area contributed by atoms with Gasteiger partial charge in [0.05, 0.1) is 16.1 Å². The van der Waals surface area contributed by atoms with Gasteiger partial charge < -0.3 is 14.1 Å². The Bertz CT molecular complexity index is 731. The van der Waals surface area contributed by atoms with Crippen LogP contribution in [0.2, 0.25) is 5.02 Å². The van der Waals surface area contributed by atoms with E-state index in [1.165, 1.54) is 6.39 Å². The number of H-pyrrole nitrogens is 1. The van der Waals surface area contributed by atoms with Crippen LogP contribution in [0.4, 0.5) is 0 Å². The fourth-order valence-corrected chi connectivity index (χ4v) is 2.47. The molecule has 0 fully saturated rings. The molecule has 0 radical (unpaired) electrons. The predicted molar refractivity (Wildman–Crippen MR) is 70.1 cm³/mol. The average Bonchev–Trinajstić information content (AvgIpc) is 2.94. The number of benzene rings is 1. The van der Waals surface area contributed by atoms with Crippen LogP contribution in [0.1, 0.15) is 5.82 Å². The highest BCUT2D eigenvalue weighted by atomic mass is 35.5. The van der Waals surface area contributed by atoms with Gasteiger partial charge in [-0.3, -0.25) is 0 Å². The van der Waals surface area contributed by atoms with E-state index in [9.17, 15) is 0 Å². The molecule has 0 aliphatic rings. The van der Waals surface area contributed by atoms with E-state index in [0.29, 0.717) is 28.6 Å². The zero-order valence-electron chi connectivity index (χ0n) is 9.26. The SMILES string of the molecule is S=c1[nH]c2cccc(Cl)c2n1CCc1ncon1. The van der Waals surface area contributed by atoms with Crippen molar-refractivity contribution in [3.8, 4) is 0 Å². The molecule has 0 atom stereocenters. The second kappa shape index (κ2) is 4.55. The van der Waals surface area contributed by atoms with Crippen molar-refractivity contribution in [1.82, 2.24) is 19.7 Å². The van der Waals surface area contributed by atoms with Crippen molar-refractivity contribution in [3.63, 3.8) is 0 Å². The van der Waals surface area contributed by atoms with E-state index in [0.717, 1.165) is 11.0 Å². The Hall–Kier alpha value is -1.66. The van der Waals surface area contributed by atoms with Gasteiger partial charge >= 0.3 is 0 Å². The summed E-state index contributed by atoms with van der Waals surface area (Å²) in [6, 6.07) is 5.68. The Labute approximate surface area is 112 Å². The van der Waals surface area contributed by atoms with Crippen LogP contribution in [0.15, 0.2) is 29.1 Å². The number of halogens is 1. The van der Waals surface area contributed by atoms with Gasteiger partial charge in [-0.2, -0.15) is 4.98 Å². The van der Waals surface area contributed by atoms with E-state index in [2.05, 4.69) is 15.1 Å². The molecule has 7 heteroatoms. The van der Waals surface area contributed by atoms with Gasteiger partial charge in [0.25, 0.3) is 0 Å². The van der Waals surface area contributed by atoms with E-state index in [-0.39, 0.29) is 0 Å². The molecule has 18 heavy (non-hydrogen) atoms. The van der Waals surface area contributed by atoms with Crippen molar-refractivity contribution in [2.45, 2.75) is 13.0 Å². The second-order valence-electron chi connectivity index (χ2n) is 3.82. The van der Waals surface area contributed by atoms with Crippen LogP contribution < -0.4 is 0 Å². The van der Waals surface area contributed by atoms with Crippen molar-refractivity contribution in [1.29, 1.82) is 0 Å². The molecule has 0 aliphatic heterocycles. The van der Waals surface area contributed by atoms with Crippen LogP contribution in [0.3, 0.4) is 0 Å². The summed E-state index contributed by atoms with van der Waals surface area (Å²) in [5, 5.41) is 4.45. The lowest BCUT2D eigenvalue weighted by atomic mass is 10.3. The monoisotopic (exact) mass is 280 g/mol. The zero-order valence-corrected chi connectivity index (χ0v) is 10.8. The maximum absolute atomic E-state index is 6.20. The molecule has 2 heterocycles. The van der Waals surface area contributed by atoms with Gasteiger partial charge in [-0.15, -0.1) is 0 Å². The number of para-hydroxylation sites is 1. The zero-order chi connectivity index (χ0) is 12.5. The summed E-state index contributed by atoms with van der Waals surface area (Å²) in [4.78, 5) is 7.11. The molecule has 2 aromatic heterocycles. The summed E-state index contributed by atoms with van der Waals surface area (Å²) in [5.41, 5.74) is 1.84. The Morgan fingerprint density at radius 3 is 3.11 bits per heavy atom. The highest BCUT2D eigenvalue weighted by Crippen LogP contribution is 2.23. The van der Waals surface area contributed by atoms with Gasteiger partial charge in [0.15, 0.2) is 10.6 Å². The average molecular weight is 281 g/mol. The maximum atomic E-state index is 6.20. The number of aryl methyl sites for hydroxylation is 2. The summed E-state index contributed by atoms with van der Waals surface area (Å²) in [6.07, 6.45) is 1.96. The topological polar surface area (TPSA) is 59.6 Å². The fraction of sp³-hybridized carbons (Fsp3) is 0.182. The Morgan fingerprint density at radius 2 is 2.33 bits per heavy atom. The first-order valence-corrected chi connectivity index (χ1v) is 6.16. The lowest BCUT2D eigenvalue weighted by Gasteiger charge is -2.03. The Balaban J connectivity index is 2.01. The van der Waals surface area contributed by atoms with Gasteiger partial charge in [0.2, 0.25) is 6.39 Å². The van der Waals surface area contributed by atoms with Gasteiger partial charge in [0.1, 0.15) is 0 Å². The highest BCUT2D eigenvalue weighted by Gasteiger charge is 2.08. The first-order valence-electron chi connectivity index (χ1n) is 5.38. The molecule has 5 nitrogen and oxygen atoms in total. The number of hydrogen-bond acceptors (Lipinski definition) is 4.